The van der Waals surface area contributed by atoms with Crippen LogP contribution in [0.25, 0.3) is 0 Å². The highest BCUT2D eigenvalue weighted by Crippen LogP contribution is 2.22. The molecule has 2 heterocycles. The van der Waals surface area contributed by atoms with Crippen LogP contribution in [0.5, 0.6) is 0 Å². The lowest BCUT2D eigenvalue weighted by atomic mass is 10.2. The van der Waals surface area contributed by atoms with E-state index in [1.165, 1.54) is 12.1 Å². The number of sulfonamides is 1. The van der Waals surface area contributed by atoms with E-state index in [1.807, 2.05) is 24.4 Å². The van der Waals surface area contributed by atoms with E-state index in [2.05, 4.69) is 4.72 Å². The van der Waals surface area contributed by atoms with Crippen LogP contribution >= 0.6 is 22.7 Å². The molecule has 21 heavy (non-hydrogen) atoms. The van der Waals surface area contributed by atoms with Crippen molar-refractivity contribution in [3.8, 4) is 0 Å². The molecule has 2 aromatic rings. The summed E-state index contributed by atoms with van der Waals surface area (Å²) in [5.41, 5.74) is 0. The van der Waals surface area contributed by atoms with Crippen LogP contribution in [0.15, 0.2) is 33.9 Å². The average molecular weight is 345 g/mol. The van der Waals surface area contributed by atoms with E-state index in [-0.39, 0.29) is 16.7 Å². The minimum Gasteiger partial charge on any atom is -0.481 e. The first-order chi connectivity index (χ1) is 9.87. The van der Waals surface area contributed by atoms with Gasteiger partial charge in [-0.05, 0) is 36.9 Å². The molecular formula is C13H15NO4S3. The first-order valence-electron chi connectivity index (χ1n) is 6.22. The van der Waals surface area contributed by atoms with Gasteiger partial charge in [-0.3, -0.25) is 4.79 Å². The predicted molar refractivity (Wildman–Crippen MR) is 83.5 cm³/mol. The molecule has 5 nitrogen and oxygen atoms in total. The molecule has 2 aromatic heterocycles. The number of aliphatic carboxylic acids is 1. The summed E-state index contributed by atoms with van der Waals surface area (Å²) in [7, 11) is -3.60. The largest absolute Gasteiger partial charge is 0.481 e. The fourth-order valence-corrected chi connectivity index (χ4v) is 5.28. The third-order valence-electron chi connectivity index (χ3n) is 2.67. The van der Waals surface area contributed by atoms with E-state index >= 15 is 0 Å². The second-order valence-electron chi connectivity index (χ2n) is 4.60. The van der Waals surface area contributed by atoms with Crippen molar-refractivity contribution in [3.63, 3.8) is 0 Å². The van der Waals surface area contributed by atoms with E-state index in [4.69, 9.17) is 5.11 Å². The summed E-state index contributed by atoms with van der Waals surface area (Å²) >= 11 is 2.58. The Balaban J connectivity index is 2.03. The van der Waals surface area contributed by atoms with Crippen molar-refractivity contribution in [2.24, 2.45) is 0 Å². The topological polar surface area (TPSA) is 83.5 Å². The molecule has 0 amide bonds. The summed E-state index contributed by atoms with van der Waals surface area (Å²) in [6.45, 7) is 1.81. The van der Waals surface area contributed by atoms with Gasteiger partial charge in [0.1, 0.15) is 4.21 Å². The monoisotopic (exact) mass is 345 g/mol. The third kappa shape index (κ3) is 4.63. The highest BCUT2D eigenvalue weighted by atomic mass is 32.2. The number of nitrogens with one attached hydrogen (secondary N) is 1. The molecule has 0 saturated carbocycles. The third-order valence-corrected chi connectivity index (χ3v) is 6.74. The van der Waals surface area contributed by atoms with Crippen LogP contribution in [0.3, 0.4) is 0 Å². The lowest BCUT2D eigenvalue weighted by Crippen LogP contribution is -2.33. The van der Waals surface area contributed by atoms with Crippen LogP contribution < -0.4 is 4.72 Å². The molecular weight excluding hydrogens is 330 g/mol. The van der Waals surface area contributed by atoms with Crippen molar-refractivity contribution in [2.45, 2.75) is 30.0 Å². The molecule has 0 aromatic carbocycles. The summed E-state index contributed by atoms with van der Waals surface area (Å²) in [5, 5.41) is 10.7. The molecule has 0 spiro atoms. The highest BCUT2D eigenvalue weighted by Gasteiger charge is 2.20. The molecule has 0 fully saturated rings. The van der Waals surface area contributed by atoms with Crippen LogP contribution in [-0.2, 0) is 27.7 Å². The Kier molecular flexibility index (Phi) is 5.15. The normalized spacial score (nSPS) is 13.2. The molecule has 8 heteroatoms. The number of thiophene rings is 2. The standard InChI is InChI=1S/C13H15NO4S3/c1-9(7-10-3-2-6-19-10)14-21(17,18)13-5-4-11(20-13)8-12(15)16/h2-6,9,14H,7-8H2,1H3,(H,15,16). The van der Waals surface area contributed by atoms with Gasteiger partial charge in [0.25, 0.3) is 0 Å². The highest BCUT2D eigenvalue weighted by molar-refractivity contribution is 7.91. The van der Waals surface area contributed by atoms with Crippen molar-refractivity contribution in [1.82, 2.24) is 4.72 Å². The van der Waals surface area contributed by atoms with Crippen molar-refractivity contribution in [1.29, 1.82) is 0 Å². The lowest BCUT2D eigenvalue weighted by Gasteiger charge is -2.12. The minimum atomic E-state index is -3.60. The number of carbonyl (C=O) groups is 1. The molecule has 1 atom stereocenters. The van der Waals surface area contributed by atoms with E-state index in [0.29, 0.717) is 11.3 Å². The zero-order valence-corrected chi connectivity index (χ0v) is 13.7. The maximum absolute atomic E-state index is 12.2. The fourth-order valence-electron chi connectivity index (χ4n) is 1.84. The minimum absolute atomic E-state index is 0.150. The Morgan fingerprint density at radius 1 is 1.33 bits per heavy atom. The molecule has 0 aliphatic heterocycles. The molecule has 0 aliphatic carbocycles. The summed E-state index contributed by atoms with van der Waals surface area (Å²) in [6.07, 6.45) is 0.467. The zero-order chi connectivity index (χ0) is 15.5. The number of carboxylic acid groups (broad SMARTS) is 1. The number of rotatable bonds is 7. The second kappa shape index (κ2) is 6.69. The van der Waals surface area contributed by atoms with Crippen molar-refractivity contribution in [3.05, 3.63) is 39.4 Å². The molecule has 2 rings (SSSR count). The Labute approximate surface area is 131 Å². The molecule has 0 radical (unpaired) electrons. The van der Waals surface area contributed by atoms with Crippen LogP contribution in [0.4, 0.5) is 0 Å². The smallest absolute Gasteiger partial charge is 0.308 e. The van der Waals surface area contributed by atoms with Gasteiger partial charge in [0.2, 0.25) is 10.0 Å². The van der Waals surface area contributed by atoms with Crippen molar-refractivity contribution in [2.75, 3.05) is 0 Å². The SMILES string of the molecule is CC(Cc1cccs1)NS(=O)(=O)c1ccc(CC(=O)O)s1. The molecule has 0 bridgehead atoms. The second-order valence-corrected chi connectivity index (χ2v) is 8.74. The van der Waals surface area contributed by atoms with E-state index in [9.17, 15) is 13.2 Å². The summed E-state index contributed by atoms with van der Waals surface area (Å²) < 4.78 is 27.2. The molecule has 0 saturated heterocycles. The fraction of sp³-hybridized carbons (Fsp3) is 0.308. The molecule has 2 N–H and O–H groups in total. The van der Waals surface area contributed by atoms with Crippen LogP contribution in [0.2, 0.25) is 0 Å². The summed E-state index contributed by atoms with van der Waals surface area (Å²) in [5.74, 6) is -0.972. The van der Waals surface area contributed by atoms with E-state index in [0.717, 1.165) is 16.2 Å². The first kappa shape index (κ1) is 16.2. The number of hydrogen-bond donors (Lipinski definition) is 2. The number of carboxylic acids is 1. The number of hydrogen-bond acceptors (Lipinski definition) is 5. The van der Waals surface area contributed by atoms with E-state index < -0.39 is 16.0 Å². The summed E-state index contributed by atoms with van der Waals surface area (Å²) in [4.78, 5) is 12.3. The quantitative estimate of drug-likeness (QED) is 0.807. The molecule has 114 valence electrons. The van der Waals surface area contributed by atoms with Gasteiger partial charge in [0.05, 0.1) is 6.42 Å². The van der Waals surface area contributed by atoms with Crippen molar-refractivity contribution >= 4 is 38.7 Å². The summed E-state index contributed by atoms with van der Waals surface area (Å²) in [6, 6.07) is 6.66. The van der Waals surface area contributed by atoms with Crippen LogP contribution in [0, 0.1) is 0 Å². The van der Waals surface area contributed by atoms with Gasteiger partial charge in [-0.1, -0.05) is 6.07 Å². The average Bonchev–Trinajstić information content (AvgIpc) is 2.98. The molecule has 1 unspecified atom stereocenters. The Hall–Kier alpha value is -1.22. The van der Waals surface area contributed by atoms with Gasteiger partial charge < -0.3 is 5.11 Å². The van der Waals surface area contributed by atoms with Gasteiger partial charge in [0.15, 0.2) is 0 Å². The Morgan fingerprint density at radius 3 is 2.71 bits per heavy atom. The first-order valence-corrected chi connectivity index (χ1v) is 9.40. The van der Waals surface area contributed by atoms with Crippen LogP contribution in [0.1, 0.15) is 16.7 Å². The molecule has 0 aliphatic rings. The van der Waals surface area contributed by atoms with E-state index in [1.54, 1.807) is 11.3 Å². The van der Waals surface area contributed by atoms with Crippen molar-refractivity contribution < 1.29 is 18.3 Å². The van der Waals surface area contributed by atoms with Gasteiger partial charge in [-0.15, -0.1) is 22.7 Å². The Bertz CT molecular complexity index is 704. The van der Waals surface area contributed by atoms with Gasteiger partial charge in [-0.2, -0.15) is 0 Å². The van der Waals surface area contributed by atoms with Crippen LogP contribution in [-0.4, -0.2) is 25.5 Å². The van der Waals surface area contributed by atoms with Gasteiger partial charge in [0, 0.05) is 15.8 Å². The lowest BCUT2D eigenvalue weighted by molar-refractivity contribution is -0.136. The maximum atomic E-state index is 12.2. The zero-order valence-electron chi connectivity index (χ0n) is 11.3. The Morgan fingerprint density at radius 2 is 2.10 bits per heavy atom. The maximum Gasteiger partial charge on any atom is 0.308 e. The van der Waals surface area contributed by atoms with Gasteiger partial charge in [-0.25, -0.2) is 13.1 Å². The van der Waals surface area contributed by atoms with Gasteiger partial charge >= 0.3 is 5.97 Å². The predicted octanol–water partition coefficient (Wildman–Crippen LogP) is 2.35.